The third-order valence-electron chi connectivity index (χ3n) is 3.55. The smallest absolute Gasteiger partial charge is 0.349 e. The van der Waals surface area contributed by atoms with Crippen molar-refractivity contribution >= 4 is 32.8 Å². The summed E-state index contributed by atoms with van der Waals surface area (Å²) >= 11 is 3.38. The second-order valence-electron chi connectivity index (χ2n) is 5.27. The molecule has 0 aliphatic rings. The van der Waals surface area contributed by atoms with Crippen LogP contribution in [0.4, 0.5) is 0 Å². The normalized spacial score (nSPS) is 10.7. The molecular weight excluding hydrogens is 358 g/mol. The van der Waals surface area contributed by atoms with Gasteiger partial charge in [0, 0.05) is 23.5 Å². The van der Waals surface area contributed by atoms with Gasteiger partial charge in [0.15, 0.2) is 0 Å². The summed E-state index contributed by atoms with van der Waals surface area (Å²) in [4.78, 5) is 26.1. The van der Waals surface area contributed by atoms with E-state index in [1.807, 2.05) is 36.4 Å². The lowest BCUT2D eigenvalue weighted by atomic mass is 10.1. The van der Waals surface area contributed by atoms with Crippen LogP contribution in [-0.2, 0) is 6.54 Å². The van der Waals surface area contributed by atoms with E-state index in [1.54, 1.807) is 25.2 Å². The molecule has 23 heavy (non-hydrogen) atoms. The first kappa shape index (κ1) is 15.5. The Labute approximate surface area is 141 Å². The molecule has 0 aliphatic carbocycles. The van der Waals surface area contributed by atoms with Gasteiger partial charge in [-0.05, 0) is 29.8 Å². The number of carbonyl (C=O) groups is 1. The highest BCUT2D eigenvalue weighted by atomic mass is 79.9. The second kappa shape index (κ2) is 6.38. The molecule has 1 aromatic heterocycles. The molecular formula is C18H14BrNO3. The van der Waals surface area contributed by atoms with Crippen molar-refractivity contribution in [1.29, 1.82) is 0 Å². The van der Waals surface area contributed by atoms with E-state index in [9.17, 15) is 9.59 Å². The molecule has 5 heteroatoms. The molecule has 0 unspecified atom stereocenters. The van der Waals surface area contributed by atoms with E-state index in [-0.39, 0.29) is 11.5 Å². The van der Waals surface area contributed by atoms with E-state index < -0.39 is 5.63 Å². The van der Waals surface area contributed by atoms with Crippen LogP contribution in [0.5, 0.6) is 0 Å². The maximum absolute atomic E-state index is 12.5. The number of amides is 1. The highest BCUT2D eigenvalue weighted by Crippen LogP contribution is 2.15. The van der Waals surface area contributed by atoms with Gasteiger partial charge in [0.2, 0.25) is 0 Å². The Hall–Kier alpha value is -2.40. The molecule has 3 aromatic rings. The first-order valence-corrected chi connectivity index (χ1v) is 7.87. The van der Waals surface area contributed by atoms with Gasteiger partial charge >= 0.3 is 5.63 Å². The summed E-state index contributed by atoms with van der Waals surface area (Å²) in [6.45, 7) is 0.415. The third kappa shape index (κ3) is 3.35. The molecule has 0 atom stereocenters. The standard InChI is InChI=1S/C18H14BrNO3/c1-20(11-12-6-8-14(19)9-7-12)17(21)15-10-13-4-2-3-5-16(13)23-18(15)22/h2-10H,11H2,1H3. The van der Waals surface area contributed by atoms with Crippen molar-refractivity contribution in [3.05, 3.63) is 80.6 Å². The number of halogens is 1. The van der Waals surface area contributed by atoms with Gasteiger partial charge in [0.25, 0.3) is 5.91 Å². The summed E-state index contributed by atoms with van der Waals surface area (Å²) in [6.07, 6.45) is 0. The molecule has 0 aliphatic heterocycles. The molecule has 0 N–H and O–H groups in total. The molecule has 0 saturated heterocycles. The monoisotopic (exact) mass is 371 g/mol. The number of fused-ring (bicyclic) bond motifs is 1. The van der Waals surface area contributed by atoms with Crippen LogP contribution < -0.4 is 5.63 Å². The molecule has 1 amide bonds. The van der Waals surface area contributed by atoms with Crippen LogP contribution in [-0.4, -0.2) is 17.9 Å². The first-order chi connectivity index (χ1) is 11.0. The number of benzene rings is 2. The summed E-state index contributed by atoms with van der Waals surface area (Å²) < 4.78 is 6.20. The molecule has 0 saturated carbocycles. The van der Waals surface area contributed by atoms with Crippen LogP contribution >= 0.6 is 15.9 Å². The van der Waals surface area contributed by atoms with Gasteiger partial charge in [-0.25, -0.2) is 4.79 Å². The van der Waals surface area contributed by atoms with Crippen LogP contribution in [0.2, 0.25) is 0 Å². The first-order valence-electron chi connectivity index (χ1n) is 7.07. The highest BCUT2D eigenvalue weighted by molar-refractivity contribution is 9.10. The Morgan fingerprint density at radius 1 is 1.13 bits per heavy atom. The van der Waals surface area contributed by atoms with Crippen LogP contribution in [0.25, 0.3) is 11.0 Å². The molecule has 1 heterocycles. The maximum Gasteiger partial charge on any atom is 0.349 e. The zero-order chi connectivity index (χ0) is 16.4. The van der Waals surface area contributed by atoms with Gasteiger partial charge in [0.1, 0.15) is 11.1 Å². The number of carbonyl (C=O) groups excluding carboxylic acids is 1. The van der Waals surface area contributed by atoms with E-state index in [2.05, 4.69) is 15.9 Å². The molecule has 0 fully saturated rings. The largest absolute Gasteiger partial charge is 0.422 e. The van der Waals surface area contributed by atoms with E-state index >= 15 is 0 Å². The number of hydrogen-bond donors (Lipinski definition) is 0. The van der Waals surface area contributed by atoms with Crippen LogP contribution in [0.1, 0.15) is 15.9 Å². The minimum Gasteiger partial charge on any atom is -0.422 e. The number of hydrogen-bond acceptors (Lipinski definition) is 3. The van der Waals surface area contributed by atoms with Gasteiger partial charge in [-0.15, -0.1) is 0 Å². The zero-order valence-corrected chi connectivity index (χ0v) is 14.0. The molecule has 0 spiro atoms. The van der Waals surface area contributed by atoms with Crippen LogP contribution in [0.3, 0.4) is 0 Å². The summed E-state index contributed by atoms with van der Waals surface area (Å²) in [5.41, 5.74) is 0.888. The molecule has 0 radical (unpaired) electrons. The van der Waals surface area contributed by atoms with Gasteiger partial charge in [-0.3, -0.25) is 4.79 Å². The number of para-hydroxylation sites is 1. The average molecular weight is 372 g/mol. The van der Waals surface area contributed by atoms with Crippen LogP contribution in [0, 0.1) is 0 Å². The van der Waals surface area contributed by atoms with Gasteiger partial charge in [-0.1, -0.05) is 46.3 Å². The van der Waals surface area contributed by atoms with E-state index in [1.165, 1.54) is 4.90 Å². The van der Waals surface area contributed by atoms with E-state index in [4.69, 9.17) is 4.42 Å². The Balaban J connectivity index is 1.88. The van der Waals surface area contributed by atoms with Crippen molar-refractivity contribution < 1.29 is 9.21 Å². The quantitative estimate of drug-likeness (QED) is 0.657. The molecule has 4 nitrogen and oxygen atoms in total. The summed E-state index contributed by atoms with van der Waals surface area (Å²) in [6, 6.07) is 16.4. The fraction of sp³-hybridized carbons (Fsp3) is 0.111. The summed E-state index contributed by atoms with van der Waals surface area (Å²) in [5.74, 6) is -0.354. The predicted molar refractivity (Wildman–Crippen MR) is 92.4 cm³/mol. The Kier molecular flexibility index (Phi) is 4.30. The molecule has 0 bridgehead atoms. The lowest BCUT2D eigenvalue weighted by Crippen LogP contribution is -2.30. The van der Waals surface area contributed by atoms with Crippen molar-refractivity contribution in [2.24, 2.45) is 0 Å². The predicted octanol–water partition coefficient (Wildman–Crippen LogP) is 3.83. The molecule has 3 rings (SSSR count). The lowest BCUT2D eigenvalue weighted by molar-refractivity contribution is 0.0781. The van der Waals surface area contributed by atoms with E-state index in [0.29, 0.717) is 12.1 Å². The van der Waals surface area contributed by atoms with Crippen molar-refractivity contribution in [3.8, 4) is 0 Å². The van der Waals surface area contributed by atoms with Crippen molar-refractivity contribution in [1.82, 2.24) is 4.90 Å². The second-order valence-corrected chi connectivity index (χ2v) is 6.19. The summed E-state index contributed by atoms with van der Waals surface area (Å²) in [5, 5.41) is 0.729. The van der Waals surface area contributed by atoms with E-state index in [0.717, 1.165) is 15.4 Å². The zero-order valence-electron chi connectivity index (χ0n) is 12.5. The maximum atomic E-state index is 12.5. The topological polar surface area (TPSA) is 50.5 Å². The number of nitrogens with zero attached hydrogens (tertiary/aromatic N) is 1. The van der Waals surface area contributed by atoms with Crippen LogP contribution in [0.15, 0.2) is 68.3 Å². The van der Waals surface area contributed by atoms with Crippen molar-refractivity contribution in [3.63, 3.8) is 0 Å². The fourth-order valence-electron chi connectivity index (χ4n) is 2.35. The summed E-state index contributed by atoms with van der Waals surface area (Å²) in [7, 11) is 1.67. The average Bonchev–Trinajstić information content (AvgIpc) is 2.55. The minimum atomic E-state index is -0.614. The SMILES string of the molecule is CN(Cc1ccc(Br)cc1)C(=O)c1cc2ccccc2oc1=O. The van der Waals surface area contributed by atoms with Gasteiger partial charge in [-0.2, -0.15) is 0 Å². The lowest BCUT2D eigenvalue weighted by Gasteiger charge is -2.17. The molecule has 116 valence electrons. The third-order valence-corrected chi connectivity index (χ3v) is 4.08. The minimum absolute atomic E-state index is 0.0447. The van der Waals surface area contributed by atoms with Crippen molar-refractivity contribution in [2.75, 3.05) is 7.05 Å². The molecule has 2 aromatic carbocycles. The Morgan fingerprint density at radius 3 is 2.57 bits per heavy atom. The Morgan fingerprint density at radius 2 is 1.83 bits per heavy atom. The Bertz CT molecular complexity index is 915. The number of rotatable bonds is 3. The van der Waals surface area contributed by atoms with Crippen molar-refractivity contribution in [2.45, 2.75) is 6.54 Å². The fourth-order valence-corrected chi connectivity index (χ4v) is 2.62. The van der Waals surface area contributed by atoms with Gasteiger partial charge in [0.05, 0.1) is 0 Å². The van der Waals surface area contributed by atoms with Gasteiger partial charge < -0.3 is 9.32 Å². The highest BCUT2D eigenvalue weighted by Gasteiger charge is 2.18.